The molecule has 0 aliphatic rings. The normalized spacial score (nSPS) is 11.2. The molecule has 2 N–H and O–H groups in total. The van der Waals surface area contributed by atoms with Crippen molar-refractivity contribution >= 4 is 44.5 Å². The van der Waals surface area contributed by atoms with Gasteiger partial charge in [-0.15, -0.1) is 11.3 Å². The number of hydrogen-bond acceptors (Lipinski definition) is 6. The summed E-state index contributed by atoms with van der Waals surface area (Å²) in [5, 5.41) is 7.21. The second kappa shape index (κ2) is 9.29. The maximum atomic E-state index is 12.9. The van der Waals surface area contributed by atoms with E-state index in [2.05, 4.69) is 10.6 Å². The van der Waals surface area contributed by atoms with Gasteiger partial charge in [0.05, 0.1) is 23.2 Å². The number of methoxy groups -OCH3 is 1. The Hall–Kier alpha value is -3.21. The fourth-order valence-electron chi connectivity index (χ4n) is 2.73. The van der Waals surface area contributed by atoms with E-state index in [1.54, 1.807) is 41.8 Å². The van der Waals surface area contributed by atoms with Crippen molar-refractivity contribution in [3.8, 4) is 5.75 Å². The zero-order valence-corrected chi connectivity index (χ0v) is 18.7. The van der Waals surface area contributed by atoms with Gasteiger partial charge in [0.25, 0.3) is 11.8 Å². The Balaban J connectivity index is 1.88. The van der Waals surface area contributed by atoms with Crippen molar-refractivity contribution in [2.45, 2.75) is 4.90 Å². The van der Waals surface area contributed by atoms with Gasteiger partial charge in [-0.25, -0.2) is 12.7 Å². The van der Waals surface area contributed by atoms with Crippen LogP contribution in [-0.2, 0) is 10.0 Å². The molecule has 0 saturated heterocycles. The van der Waals surface area contributed by atoms with E-state index in [4.69, 9.17) is 4.74 Å². The quantitative estimate of drug-likeness (QED) is 0.563. The van der Waals surface area contributed by atoms with Gasteiger partial charge in [0.2, 0.25) is 10.0 Å². The average molecular weight is 460 g/mol. The third-order valence-electron chi connectivity index (χ3n) is 4.34. The van der Waals surface area contributed by atoms with Gasteiger partial charge in [-0.1, -0.05) is 18.2 Å². The van der Waals surface area contributed by atoms with Gasteiger partial charge >= 0.3 is 0 Å². The minimum absolute atomic E-state index is 0.0721. The van der Waals surface area contributed by atoms with Crippen LogP contribution in [0, 0.1) is 0 Å². The number of carbonyl (C=O) groups excluding carboxylic acids is 2. The fraction of sp³-hybridized carbons (Fsp3) is 0.143. The van der Waals surface area contributed by atoms with Crippen molar-refractivity contribution in [2.24, 2.45) is 0 Å². The van der Waals surface area contributed by atoms with Crippen LogP contribution in [0.5, 0.6) is 5.75 Å². The number of rotatable bonds is 7. The lowest BCUT2D eigenvalue weighted by Gasteiger charge is -2.16. The van der Waals surface area contributed by atoms with Gasteiger partial charge in [0, 0.05) is 19.8 Å². The van der Waals surface area contributed by atoms with E-state index >= 15 is 0 Å². The Kier molecular flexibility index (Phi) is 6.74. The minimum Gasteiger partial charge on any atom is -0.495 e. The van der Waals surface area contributed by atoms with Crippen molar-refractivity contribution in [1.82, 2.24) is 4.31 Å². The number of ether oxygens (including phenoxy) is 1. The van der Waals surface area contributed by atoms with Crippen molar-refractivity contribution in [3.05, 3.63) is 70.4 Å². The maximum absolute atomic E-state index is 12.9. The van der Waals surface area contributed by atoms with Crippen LogP contribution < -0.4 is 15.4 Å². The first kappa shape index (κ1) is 22.5. The molecule has 0 radical (unpaired) electrons. The molecule has 162 valence electrons. The summed E-state index contributed by atoms with van der Waals surface area (Å²) in [6.45, 7) is 0. The lowest BCUT2D eigenvalue weighted by molar-refractivity contribution is 0.102. The molecule has 2 amide bonds. The number of anilines is 2. The molecular weight excluding hydrogens is 438 g/mol. The van der Waals surface area contributed by atoms with Crippen LogP contribution in [-0.4, -0.2) is 45.7 Å². The number of para-hydroxylation sites is 1. The summed E-state index contributed by atoms with van der Waals surface area (Å²) in [6, 6.07) is 14.4. The Morgan fingerprint density at radius 3 is 2.35 bits per heavy atom. The molecule has 0 saturated carbocycles. The first-order chi connectivity index (χ1) is 14.7. The molecule has 31 heavy (non-hydrogen) atoms. The van der Waals surface area contributed by atoms with Crippen LogP contribution in [0.4, 0.5) is 11.4 Å². The van der Waals surface area contributed by atoms with Crippen LogP contribution in [0.3, 0.4) is 0 Å². The number of benzene rings is 2. The SMILES string of the molecule is COc1ccc(NC(=O)c2ccccc2NC(=O)c2cccs2)cc1S(=O)(=O)N(C)C. The highest BCUT2D eigenvalue weighted by atomic mass is 32.2. The van der Waals surface area contributed by atoms with Gasteiger partial charge < -0.3 is 15.4 Å². The molecule has 1 heterocycles. The minimum atomic E-state index is -3.79. The molecule has 0 fully saturated rings. The molecule has 3 rings (SSSR count). The molecule has 0 aliphatic carbocycles. The number of nitrogens with one attached hydrogen (secondary N) is 2. The van der Waals surface area contributed by atoms with Crippen molar-refractivity contribution in [3.63, 3.8) is 0 Å². The van der Waals surface area contributed by atoms with Crippen LogP contribution in [0.25, 0.3) is 0 Å². The van der Waals surface area contributed by atoms with E-state index in [0.717, 1.165) is 4.31 Å². The molecule has 0 aliphatic heterocycles. The Morgan fingerprint density at radius 1 is 0.968 bits per heavy atom. The lowest BCUT2D eigenvalue weighted by atomic mass is 10.1. The number of thiophene rings is 1. The second-order valence-electron chi connectivity index (χ2n) is 6.58. The highest BCUT2D eigenvalue weighted by Crippen LogP contribution is 2.29. The first-order valence-corrected chi connectivity index (χ1v) is 11.4. The Bertz CT molecular complexity index is 1210. The van der Waals surface area contributed by atoms with Gasteiger partial charge in [0.1, 0.15) is 10.6 Å². The number of nitrogens with zero attached hydrogens (tertiary/aromatic N) is 1. The van der Waals surface area contributed by atoms with Crippen LogP contribution in [0.2, 0.25) is 0 Å². The lowest BCUT2D eigenvalue weighted by Crippen LogP contribution is -2.23. The molecule has 10 heteroatoms. The topological polar surface area (TPSA) is 105 Å². The average Bonchev–Trinajstić information content (AvgIpc) is 3.29. The fourth-order valence-corrected chi connectivity index (χ4v) is 4.43. The zero-order valence-electron chi connectivity index (χ0n) is 17.1. The summed E-state index contributed by atoms with van der Waals surface area (Å²) in [7, 11) is 0.398. The highest BCUT2D eigenvalue weighted by molar-refractivity contribution is 7.89. The highest BCUT2D eigenvalue weighted by Gasteiger charge is 2.23. The van der Waals surface area contributed by atoms with Gasteiger partial charge in [-0.3, -0.25) is 9.59 Å². The van der Waals surface area contributed by atoms with E-state index in [-0.39, 0.29) is 27.8 Å². The predicted molar refractivity (Wildman–Crippen MR) is 121 cm³/mol. The van der Waals surface area contributed by atoms with E-state index < -0.39 is 15.9 Å². The van der Waals surface area contributed by atoms with Crippen molar-refractivity contribution < 1.29 is 22.7 Å². The molecule has 0 atom stereocenters. The molecular formula is C21H21N3O5S2. The number of sulfonamides is 1. The summed E-state index contributed by atoms with van der Waals surface area (Å²) in [5.41, 5.74) is 0.846. The third-order valence-corrected chi connectivity index (χ3v) is 7.05. The molecule has 0 unspecified atom stereocenters. The number of hydrogen-bond donors (Lipinski definition) is 2. The second-order valence-corrected chi connectivity index (χ2v) is 9.65. The predicted octanol–water partition coefficient (Wildman–Crippen LogP) is 3.51. The summed E-state index contributed by atoms with van der Waals surface area (Å²) < 4.78 is 31.4. The van der Waals surface area contributed by atoms with Gasteiger partial charge in [0.15, 0.2) is 0 Å². The molecule has 1 aromatic heterocycles. The summed E-state index contributed by atoms with van der Waals surface area (Å²) in [4.78, 5) is 25.7. The molecule has 3 aromatic rings. The smallest absolute Gasteiger partial charge is 0.265 e. The third kappa shape index (κ3) is 4.93. The standard InChI is InChI=1S/C21H21N3O5S2/c1-24(2)31(27,28)19-13-14(10-11-17(19)29-3)22-20(25)15-7-4-5-8-16(15)23-21(26)18-9-6-12-30-18/h4-13H,1-3H3,(H,22,25)(H,23,26). The summed E-state index contributed by atoms with van der Waals surface area (Å²) in [6.07, 6.45) is 0. The maximum Gasteiger partial charge on any atom is 0.265 e. The molecule has 0 bridgehead atoms. The Labute approximate surface area is 184 Å². The number of amides is 2. The largest absolute Gasteiger partial charge is 0.495 e. The van der Waals surface area contributed by atoms with E-state index in [1.807, 2.05) is 0 Å². The molecule has 2 aromatic carbocycles. The van der Waals surface area contributed by atoms with E-state index in [9.17, 15) is 18.0 Å². The van der Waals surface area contributed by atoms with Crippen LogP contribution in [0.15, 0.2) is 64.9 Å². The van der Waals surface area contributed by atoms with Crippen molar-refractivity contribution in [1.29, 1.82) is 0 Å². The summed E-state index contributed by atoms with van der Waals surface area (Å²) >= 11 is 1.29. The molecule has 0 spiro atoms. The first-order valence-electron chi connectivity index (χ1n) is 9.10. The molecule has 8 nitrogen and oxygen atoms in total. The van der Waals surface area contributed by atoms with E-state index in [1.165, 1.54) is 50.7 Å². The van der Waals surface area contributed by atoms with Crippen molar-refractivity contribution in [2.75, 3.05) is 31.8 Å². The van der Waals surface area contributed by atoms with Crippen LogP contribution in [0.1, 0.15) is 20.0 Å². The van der Waals surface area contributed by atoms with Gasteiger partial charge in [-0.05, 0) is 41.8 Å². The number of carbonyl (C=O) groups is 2. The Morgan fingerprint density at radius 2 is 1.71 bits per heavy atom. The summed E-state index contributed by atoms with van der Waals surface area (Å²) in [5.74, 6) is -0.658. The van der Waals surface area contributed by atoms with Gasteiger partial charge in [-0.2, -0.15) is 0 Å². The van der Waals surface area contributed by atoms with Crippen LogP contribution >= 0.6 is 11.3 Å². The zero-order chi connectivity index (χ0) is 22.6. The van der Waals surface area contributed by atoms with E-state index in [0.29, 0.717) is 10.6 Å². The monoisotopic (exact) mass is 459 g/mol.